The number of rotatable bonds is 4. The lowest BCUT2D eigenvalue weighted by molar-refractivity contribution is -0.131. The van der Waals surface area contributed by atoms with Crippen LogP contribution >= 0.6 is 23.1 Å². The first kappa shape index (κ1) is 17.0. The van der Waals surface area contributed by atoms with E-state index in [-0.39, 0.29) is 11.2 Å². The van der Waals surface area contributed by atoms with Gasteiger partial charge in [0.15, 0.2) is 0 Å². The summed E-state index contributed by atoms with van der Waals surface area (Å²) in [7, 11) is 0. The fourth-order valence-corrected chi connectivity index (χ4v) is 5.55. The number of carbonyl (C=O) groups excluding carboxylic acids is 1. The zero-order valence-electron chi connectivity index (χ0n) is 14.4. The summed E-state index contributed by atoms with van der Waals surface area (Å²) in [4.78, 5) is 16.3. The predicted octanol–water partition coefficient (Wildman–Crippen LogP) is 3.31. The van der Waals surface area contributed by atoms with Gasteiger partial charge in [0, 0.05) is 18.0 Å². The fraction of sp³-hybridized carbons (Fsp3) is 0.647. The molecule has 1 fully saturated rings. The van der Waals surface area contributed by atoms with Crippen molar-refractivity contribution >= 4 is 29.0 Å². The van der Waals surface area contributed by atoms with Crippen LogP contribution in [0.15, 0.2) is 16.6 Å². The molecule has 134 valence electrons. The van der Waals surface area contributed by atoms with Gasteiger partial charge in [-0.3, -0.25) is 4.79 Å². The molecule has 0 N–H and O–H groups in total. The molecular formula is C17H23N5OS2. The molecule has 8 heteroatoms. The number of hydrogen-bond donors (Lipinski definition) is 0. The van der Waals surface area contributed by atoms with E-state index < -0.39 is 0 Å². The van der Waals surface area contributed by atoms with E-state index in [1.807, 2.05) is 16.5 Å². The summed E-state index contributed by atoms with van der Waals surface area (Å²) in [5, 5.41) is 15.0. The van der Waals surface area contributed by atoms with Crippen LogP contribution in [-0.2, 0) is 17.8 Å². The quantitative estimate of drug-likeness (QED) is 0.765. The molecular weight excluding hydrogens is 354 g/mol. The molecule has 4 rings (SSSR count). The Morgan fingerprint density at radius 1 is 1.36 bits per heavy atom. The maximum absolute atomic E-state index is 12.9. The number of hydrogen-bond acceptors (Lipinski definition) is 6. The zero-order chi connectivity index (χ0) is 17.2. The van der Waals surface area contributed by atoms with Crippen LogP contribution in [0.3, 0.4) is 0 Å². The Morgan fingerprint density at radius 3 is 3.04 bits per heavy atom. The van der Waals surface area contributed by atoms with Crippen LogP contribution in [0.4, 0.5) is 0 Å². The first-order valence-electron chi connectivity index (χ1n) is 9.01. The molecule has 0 aromatic carbocycles. The lowest BCUT2D eigenvalue weighted by Gasteiger charge is -2.29. The first-order valence-corrected chi connectivity index (χ1v) is 10.8. The van der Waals surface area contributed by atoms with Crippen molar-refractivity contribution in [1.29, 1.82) is 0 Å². The fourth-order valence-electron chi connectivity index (χ4n) is 3.72. The topological polar surface area (TPSA) is 63.9 Å². The molecule has 6 nitrogen and oxygen atoms in total. The van der Waals surface area contributed by atoms with Gasteiger partial charge in [0.05, 0.1) is 11.3 Å². The Hall–Kier alpha value is -1.41. The summed E-state index contributed by atoms with van der Waals surface area (Å²) in [6, 6.07) is 2.53. The van der Waals surface area contributed by atoms with Crippen molar-refractivity contribution in [2.24, 2.45) is 0 Å². The highest BCUT2D eigenvalue weighted by Crippen LogP contribution is 2.32. The highest BCUT2D eigenvalue weighted by Gasteiger charge is 2.28. The number of fused-ring (bicyclic) bond motifs is 1. The maximum atomic E-state index is 12.9. The molecule has 0 bridgehead atoms. The first-order chi connectivity index (χ1) is 12.2. The second kappa shape index (κ2) is 7.45. The van der Waals surface area contributed by atoms with Gasteiger partial charge >= 0.3 is 0 Å². The van der Waals surface area contributed by atoms with Crippen molar-refractivity contribution in [2.75, 3.05) is 6.54 Å². The molecule has 3 heterocycles. The van der Waals surface area contributed by atoms with Crippen molar-refractivity contribution < 1.29 is 4.79 Å². The minimum Gasteiger partial charge on any atom is -0.337 e. The second-order valence-corrected chi connectivity index (χ2v) is 9.15. The van der Waals surface area contributed by atoms with Crippen LogP contribution in [0.5, 0.6) is 0 Å². The highest BCUT2D eigenvalue weighted by molar-refractivity contribution is 8.00. The molecule has 0 saturated heterocycles. The molecule has 0 spiro atoms. The standard InChI is InChI=1S/C17H23N5OS2/c1-12(16(23)21-9-7-15-13(11-21)8-10-24-15)25-17-18-19-20-22(17)14-5-3-2-4-6-14/h8,10,12,14H,2-7,9,11H2,1H3. The predicted molar refractivity (Wildman–Crippen MR) is 98.7 cm³/mol. The van der Waals surface area contributed by atoms with Gasteiger partial charge in [-0.25, -0.2) is 4.68 Å². The third kappa shape index (κ3) is 3.60. The van der Waals surface area contributed by atoms with Crippen LogP contribution in [0.2, 0.25) is 0 Å². The summed E-state index contributed by atoms with van der Waals surface area (Å²) in [6.07, 6.45) is 7.01. The van der Waals surface area contributed by atoms with E-state index >= 15 is 0 Å². The summed E-state index contributed by atoms with van der Waals surface area (Å²) in [5.41, 5.74) is 1.30. The molecule has 1 aliphatic carbocycles. The largest absolute Gasteiger partial charge is 0.337 e. The Morgan fingerprint density at radius 2 is 2.20 bits per heavy atom. The summed E-state index contributed by atoms with van der Waals surface area (Å²) < 4.78 is 1.95. The van der Waals surface area contributed by atoms with Crippen LogP contribution < -0.4 is 0 Å². The molecule has 0 radical (unpaired) electrons. The van der Waals surface area contributed by atoms with Gasteiger partial charge in [-0.2, -0.15) is 0 Å². The van der Waals surface area contributed by atoms with Gasteiger partial charge in [-0.15, -0.1) is 16.4 Å². The summed E-state index contributed by atoms with van der Waals surface area (Å²) in [6.45, 7) is 3.51. The molecule has 2 aliphatic rings. The third-order valence-electron chi connectivity index (χ3n) is 5.13. The van der Waals surface area contributed by atoms with Crippen molar-refractivity contribution in [3.8, 4) is 0 Å². The van der Waals surface area contributed by atoms with Gasteiger partial charge in [0.25, 0.3) is 0 Å². The molecule has 25 heavy (non-hydrogen) atoms. The lowest BCUT2D eigenvalue weighted by atomic mass is 9.96. The van der Waals surface area contributed by atoms with Gasteiger partial charge in [-0.1, -0.05) is 31.0 Å². The SMILES string of the molecule is CC(Sc1nnnn1C1CCCCC1)C(=O)N1CCc2sccc2C1. The minimum atomic E-state index is -0.173. The van der Waals surface area contributed by atoms with E-state index in [0.29, 0.717) is 6.04 Å². The molecule has 1 atom stereocenters. The molecule has 2 aromatic rings. The Balaban J connectivity index is 1.41. The van der Waals surface area contributed by atoms with Gasteiger partial charge < -0.3 is 4.90 Å². The maximum Gasteiger partial charge on any atom is 0.236 e. The van der Waals surface area contributed by atoms with E-state index in [9.17, 15) is 4.79 Å². The van der Waals surface area contributed by atoms with E-state index in [4.69, 9.17) is 0 Å². The van der Waals surface area contributed by atoms with Gasteiger partial charge in [0.1, 0.15) is 0 Å². The summed E-state index contributed by atoms with van der Waals surface area (Å²) in [5.74, 6) is 0.181. The monoisotopic (exact) mass is 377 g/mol. The van der Waals surface area contributed by atoms with Crippen LogP contribution in [0, 0.1) is 0 Å². The number of tetrazole rings is 1. The molecule has 1 aliphatic heterocycles. The third-order valence-corrected chi connectivity index (χ3v) is 7.19. The highest BCUT2D eigenvalue weighted by atomic mass is 32.2. The Labute approximate surface area is 156 Å². The summed E-state index contributed by atoms with van der Waals surface area (Å²) >= 11 is 3.29. The number of amides is 1. The van der Waals surface area contributed by atoms with Crippen molar-refractivity contribution in [3.63, 3.8) is 0 Å². The average Bonchev–Trinajstić information content (AvgIpc) is 3.30. The Kier molecular flexibility index (Phi) is 5.08. The number of thioether (sulfide) groups is 1. The molecule has 2 aromatic heterocycles. The van der Waals surface area contributed by atoms with Crippen LogP contribution in [-0.4, -0.2) is 42.8 Å². The van der Waals surface area contributed by atoms with Crippen LogP contribution in [0.1, 0.15) is 55.5 Å². The van der Waals surface area contributed by atoms with Crippen molar-refractivity contribution in [2.45, 2.75) is 68.4 Å². The number of carbonyl (C=O) groups is 1. The van der Waals surface area contributed by atoms with E-state index in [1.165, 1.54) is 41.5 Å². The Bertz CT molecular complexity index is 737. The van der Waals surface area contributed by atoms with Crippen molar-refractivity contribution in [1.82, 2.24) is 25.1 Å². The smallest absolute Gasteiger partial charge is 0.236 e. The average molecular weight is 378 g/mol. The zero-order valence-corrected chi connectivity index (χ0v) is 16.1. The van der Waals surface area contributed by atoms with E-state index in [0.717, 1.165) is 37.5 Å². The van der Waals surface area contributed by atoms with Gasteiger partial charge in [0.2, 0.25) is 11.1 Å². The number of thiophene rings is 1. The van der Waals surface area contributed by atoms with Crippen LogP contribution in [0.25, 0.3) is 0 Å². The minimum absolute atomic E-state index is 0.173. The molecule has 1 saturated carbocycles. The molecule has 1 unspecified atom stereocenters. The molecule has 1 amide bonds. The van der Waals surface area contributed by atoms with Gasteiger partial charge in [-0.05, 0) is 53.6 Å². The number of nitrogens with zero attached hydrogens (tertiary/aromatic N) is 5. The number of aromatic nitrogens is 4. The van der Waals surface area contributed by atoms with E-state index in [2.05, 4.69) is 27.0 Å². The van der Waals surface area contributed by atoms with E-state index in [1.54, 1.807) is 11.3 Å². The lowest BCUT2D eigenvalue weighted by Crippen LogP contribution is -2.39. The second-order valence-electron chi connectivity index (χ2n) is 6.84. The van der Waals surface area contributed by atoms with Crippen molar-refractivity contribution in [3.05, 3.63) is 21.9 Å². The normalized spacial score (nSPS) is 19.6.